The minimum Gasteiger partial charge on any atom is -0.397 e. The van der Waals surface area contributed by atoms with Crippen molar-refractivity contribution in [2.45, 2.75) is 13.0 Å². The van der Waals surface area contributed by atoms with Crippen molar-refractivity contribution in [3.8, 4) is 0 Å². The van der Waals surface area contributed by atoms with Crippen LogP contribution in [0.15, 0.2) is 18.2 Å². The van der Waals surface area contributed by atoms with Gasteiger partial charge in [-0.1, -0.05) is 6.07 Å². The molecular formula is C14H21N3O3. The van der Waals surface area contributed by atoms with E-state index in [0.717, 1.165) is 5.56 Å². The lowest BCUT2D eigenvalue weighted by molar-refractivity contribution is -0.120. The monoisotopic (exact) mass is 279 g/mol. The number of aliphatic hydroxyl groups excluding tert-OH is 1. The van der Waals surface area contributed by atoms with Crippen molar-refractivity contribution in [1.29, 1.82) is 0 Å². The summed E-state index contributed by atoms with van der Waals surface area (Å²) in [5.74, 6) is -0.112. The van der Waals surface area contributed by atoms with E-state index in [9.17, 15) is 4.79 Å². The fourth-order valence-corrected chi connectivity index (χ4v) is 2.22. The van der Waals surface area contributed by atoms with Gasteiger partial charge in [0.05, 0.1) is 37.2 Å². The first-order chi connectivity index (χ1) is 9.58. The zero-order chi connectivity index (χ0) is 14.5. The summed E-state index contributed by atoms with van der Waals surface area (Å²) in [4.78, 5) is 14.0. The molecule has 1 fully saturated rings. The summed E-state index contributed by atoms with van der Waals surface area (Å²) in [5, 5.41) is 11.9. The molecule has 110 valence electrons. The number of hydrogen-bond donors (Lipinski definition) is 3. The minimum absolute atomic E-state index is 0.0248. The van der Waals surface area contributed by atoms with Crippen LogP contribution in [0.5, 0.6) is 0 Å². The largest absolute Gasteiger partial charge is 0.397 e. The summed E-state index contributed by atoms with van der Waals surface area (Å²) in [6, 6.07) is 5.53. The molecular weight excluding hydrogens is 258 g/mol. The number of rotatable bonds is 4. The van der Waals surface area contributed by atoms with E-state index in [1.54, 1.807) is 6.07 Å². The fraction of sp³-hybridized carbons (Fsp3) is 0.500. The highest BCUT2D eigenvalue weighted by Gasteiger charge is 2.21. The number of hydrogen-bond acceptors (Lipinski definition) is 5. The second-order valence-electron chi connectivity index (χ2n) is 5.05. The van der Waals surface area contributed by atoms with E-state index in [-0.39, 0.29) is 25.2 Å². The lowest BCUT2D eigenvalue weighted by Gasteiger charge is -2.31. The van der Waals surface area contributed by atoms with Crippen LogP contribution in [0.2, 0.25) is 0 Å². The number of nitrogen functional groups attached to an aromatic ring is 1. The van der Waals surface area contributed by atoms with E-state index in [0.29, 0.717) is 31.1 Å². The van der Waals surface area contributed by atoms with E-state index < -0.39 is 0 Å². The third-order valence-corrected chi connectivity index (χ3v) is 3.27. The number of ether oxygens (including phenoxy) is 1. The van der Waals surface area contributed by atoms with Gasteiger partial charge in [-0.2, -0.15) is 0 Å². The van der Waals surface area contributed by atoms with E-state index in [1.807, 2.05) is 24.0 Å². The SMILES string of the molecule is Cc1ccc(NC(=O)CN2CCOC(CO)C2)c(N)c1. The lowest BCUT2D eigenvalue weighted by Crippen LogP contribution is -2.46. The molecule has 2 rings (SSSR count). The van der Waals surface area contributed by atoms with Gasteiger partial charge in [-0.25, -0.2) is 0 Å². The molecule has 6 nitrogen and oxygen atoms in total. The number of amides is 1. The van der Waals surface area contributed by atoms with E-state index >= 15 is 0 Å². The summed E-state index contributed by atoms with van der Waals surface area (Å²) < 4.78 is 5.35. The van der Waals surface area contributed by atoms with Gasteiger partial charge >= 0.3 is 0 Å². The molecule has 0 bridgehead atoms. The van der Waals surface area contributed by atoms with Crippen molar-refractivity contribution < 1.29 is 14.6 Å². The van der Waals surface area contributed by atoms with Crippen LogP contribution in [0.3, 0.4) is 0 Å². The molecule has 1 atom stereocenters. The number of carbonyl (C=O) groups is 1. The summed E-state index contributed by atoms with van der Waals surface area (Å²) in [7, 11) is 0. The highest BCUT2D eigenvalue weighted by Crippen LogP contribution is 2.19. The smallest absolute Gasteiger partial charge is 0.238 e. The standard InChI is InChI=1S/C14H21N3O3/c1-10-2-3-13(12(15)6-10)16-14(19)8-17-4-5-20-11(7-17)9-18/h2-3,6,11,18H,4-5,7-9,15H2,1H3,(H,16,19). The first-order valence-electron chi connectivity index (χ1n) is 6.69. The number of nitrogens with two attached hydrogens (primary N) is 1. The molecule has 1 saturated heterocycles. The molecule has 0 aliphatic carbocycles. The average molecular weight is 279 g/mol. The number of aryl methyl sites for hydroxylation is 1. The molecule has 1 aliphatic rings. The maximum absolute atomic E-state index is 12.0. The van der Waals surface area contributed by atoms with Crippen LogP contribution in [-0.2, 0) is 9.53 Å². The summed E-state index contributed by atoms with van der Waals surface area (Å²) in [6.07, 6.45) is -0.207. The first-order valence-corrected chi connectivity index (χ1v) is 6.69. The molecule has 6 heteroatoms. The van der Waals surface area contributed by atoms with Crippen LogP contribution in [0.4, 0.5) is 11.4 Å². The molecule has 0 spiro atoms. The average Bonchev–Trinajstić information content (AvgIpc) is 2.42. The molecule has 0 aromatic heterocycles. The molecule has 0 saturated carbocycles. The number of anilines is 2. The highest BCUT2D eigenvalue weighted by atomic mass is 16.5. The number of benzene rings is 1. The van der Waals surface area contributed by atoms with Gasteiger partial charge in [-0.15, -0.1) is 0 Å². The first kappa shape index (κ1) is 14.8. The third-order valence-electron chi connectivity index (χ3n) is 3.27. The van der Waals surface area contributed by atoms with Gasteiger partial charge < -0.3 is 20.9 Å². The predicted molar refractivity (Wildman–Crippen MR) is 77.5 cm³/mol. The Balaban J connectivity index is 1.88. The van der Waals surface area contributed by atoms with Gasteiger partial charge in [0.25, 0.3) is 0 Å². The zero-order valence-corrected chi connectivity index (χ0v) is 11.6. The van der Waals surface area contributed by atoms with Crippen molar-refractivity contribution in [1.82, 2.24) is 4.90 Å². The number of aliphatic hydroxyl groups is 1. The molecule has 1 unspecified atom stereocenters. The number of carbonyl (C=O) groups excluding carboxylic acids is 1. The van der Waals surface area contributed by atoms with Gasteiger partial charge in [0.1, 0.15) is 0 Å². The Kier molecular flexibility index (Phi) is 4.94. The van der Waals surface area contributed by atoms with E-state index in [1.165, 1.54) is 0 Å². The molecule has 1 aromatic carbocycles. The van der Waals surface area contributed by atoms with Crippen LogP contribution < -0.4 is 11.1 Å². The Hall–Kier alpha value is -1.63. The molecule has 20 heavy (non-hydrogen) atoms. The second kappa shape index (κ2) is 6.69. The number of nitrogens with one attached hydrogen (secondary N) is 1. The number of morpholine rings is 1. The third kappa shape index (κ3) is 3.93. The molecule has 1 aliphatic heterocycles. The summed E-state index contributed by atoms with van der Waals surface area (Å²) in [5.41, 5.74) is 8.12. The Bertz CT molecular complexity index is 479. The molecule has 0 radical (unpaired) electrons. The van der Waals surface area contributed by atoms with Crippen molar-refractivity contribution in [2.75, 3.05) is 43.9 Å². The Labute approximate surface area is 118 Å². The lowest BCUT2D eigenvalue weighted by atomic mass is 10.2. The van der Waals surface area contributed by atoms with Crippen molar-refractivity contribution in [3.05, 3.63) is 23.8 Å². The fourth-order valence-electron chi connectivity index (χ4n) is 2.22. The van der Waals surface area contributed by atoms with Gasteiger partial charge in [-0.05, 0) is 24.6 Å². The molecule has 1 amide bonds. The van der Waals surface area contributed by atoms with Crippen LogP contribution in [0, 0.1) is 6.92 Å². The maximum Gasteiger partial charge on any atom is 0.238 e. The van der Waals surface area contributed by atoms with E-state index in [4.69, 9.17) is 15.6 Å². The van der Waals surface area contributed by atoms with Crippen molar-refractivity contribution in [2.24, 2.45) is 0 Å². The maximum atomic E-state index is 12.0. The Morgan fingerprint density at radius 3 is 3.10 bits per heavy atom. The predicted octanol–water partition coefficient (Wildman–Crippen LogP) is 0.209. The summed E-state index contributed by atoms with van der Waals surface area (Å²) >= 11 is 0. The van der Waals surface area contributed by atoms with Crippen LogP contribution in [0.25, 0.3) is 0 Å². The molecule has 1 aromatic rings. The Morgan fingerprint density at radius 2 is 2.40 bits per heavy atom. The van der Waals surface area contributed by atoms with Gasteiger partial charge in [-0.3, -0.25) is 9.69 Å². The van der Waals surface area contributed by atoms with Gasteiger partial charge in [0.2, 0.25) is 5.91 Å². The summed E-state index contributed by atoms with van der Waals surface area (Å²) in [6.45, 7) is 3.98. The normalized spacial score (nSPS) is 19.8. The molecule has 1 heterocycles. The van der Waals surface area contributed by atoms with Crippen LogP contribution >= 0.6 is 0 Å². The van der Waals surface area contributed by atoms with E-state index in [2.05, 4.69) is 5.32 Å². The van der Waals surface area contributed by atoms with Crippen molar-refractivity contribution >= 4 is 17.3 Å². The quantitative estimate of drug-likeness (QED) is 0.686. The highest BCUT2D eigenvalue weighted by molar-refractivity contribution is 5.95. The van der Waals surface area contributed by atoms with Crippen LogP contribution in [0.1, 0.15) is 5.56 Å². The molecule has 4 N–H and O–H groups in total. The van der Waals surface area contributed by atoms with Gasteiger partial charge in [0, 0.05) is 13.1 Å². The topological polar surface area (TPSA) is 87.8 Å². The second-order valence-corrected chi connectivity index (χ2v) is 5.05. The Morgan fingerprint density at radius 1 is 1.60 bits per heavy atom. The zero-order valence-electron chi connectivity index (χ0n) is 11.6. The van der Waals surface area contributed by atoms with Gasteiger partial charge in [0.15, 0.2) is 0 Å². The minimum atomic E-state index is -0.207. The number of nitrogens with zero attached hydrogens (tertiary/aromatic N) is 1. The van der Waals surface area contributed by atoms with Crippen molar-refractivity contribution in [3.63, 3.8) is 0 Å². The van der Waals surface area contributed by atoms with Crippen LogP contribution in [-0.4, -0.2) is 54.9 Å².